The van der Waals surface area contributed by atoms with E-state index in [0.717, 1.165) is 30.1 Å². The first-order valence-electron chi connectivity index (χ1n) is 5.85. The van der Waals surface area contributed by atoms with Crippen LogP contribution in [0.4, 0.5) is 0 Å². The second kappa shape index (κ2) is 6.32. The molecule has 0 spiro atoms. The Hall–Kier alpha value is -0.660. The molecular weight excluding hydrogens is 242 g/mol. The van der Waals surface area contributed by atoms with Gasteiger partial charge in [-0.2, -0.15) is 0 Å². The first-order chi connectivity index (χ1) is 7.93. The molecule has 1 amide bonds. The fourth-order valence-electron chi connectivity index (χ4n) is 1.68. The van der Waals surface area contributed by atoms with E-state index in [4.69, 9.17) is 0 Å². The summed E-state index contributed by atoms with van der Waals surface area (Å²) >= 11 is 0. The lowest BCUT2D eigenvalue weighted by Crippen LogP contribution is -2.47. The van der Waals surface area contributed by atoms with E-state index >= 15 is 0 Å². The fraction of sp³-hybridized carbons (Fsp3) is 0.900. The van der Waals surface area contributed by atoms with Crippen molar-refractivity contribution in [2.24, 2.45) is 0 Å². The van der Waals surface area contributed by atoms with Crippen LogP contribution in [0.1, 0.15) is 19.3 Å². The highest BCUT2D eigenvalue weighted by Gasteiger charge is 2.21. The number of hydrogen-bond donors (Lipinski definition) is 2. The minimum atomic E-state index is -3.23. The van der Waals surface area contributed by atoms with Gasteiger partial charge in [-0.25, -0.2) is 12.7 Å². The highest BCUT2D eigenvalue weighted by atomic mass is 32.2. The SMILES string of the molecule is CN(C)S(=O)(=O)CCNC(=O)[C@H]1CCCCN1. The Morgan fingerprint density at radius 3 is 2.65 bits per heavy atom. The summed E-state index contributed by atoms with van der Waals surface area (Å²) in [6, 6.07) is -0.161. The standard InChI is InChI=1S/C10H21N3O3S/c1-13(2)17(15,16)8-7-12-10(14)9-5-3-4-6-11-9/h9,11H,3-8H2,1-2H3,(H,12,14)/t9-/m1/s1. The van der Waals surface area contributed by atoms with Gasteiger partial charge in [0, 0.05) is 20.6 Å². The van der Waals surface area contributed by atoms with Crippen molar-refractivity contribution in [1.82, 2.24) is 14.9 Å². The van der Waals surface area contributed by atoms with Crippen molar-refractivity contribution in [2.45, 2.75) is 25.3 Å². The summed E-state index contributed by atoms with van der Waals surface area (Å²) in [6.07, 6.45) is 2.96. The third-order valence-corrected chi connectivity index (χ3v) is 4.68. The molecule has 0 saturated carbocycles. The normalized spacial score (nSPS) is 21.5. The van der Waals surface area contributed by atoms with Crippen LogP contribution in [0.15, 0.2) is 0 Å². The van der Waals surface area contributed by atoms with Crippen LogP contribution < -0.4 is 10.6 Å². The van der Waals surface area contributed by atoms with Crippen LogP contribution in [0.5, 0.6) is 0 Å². The van der Waals surface area contributed by atoms with Crippen LogP contribution in [0.25, 0.3) is 0 Å². The molecule has 0 aromatic carbocycles. The third-order valence-electron chi connectivity index (χ3n) is 2.84. The van der Waals surface area contributed by atoms with Crippen molar-refractivity contribution in [3.63, 3.8) is 0 Å². The van der Waals surface area contributed by atoms with Crippen LogP contribution in [0.2, 0.25) is 0 Å². The van der Waals surface area contributed by atoms with Crippen LogP contribution in [-0.4, -0.2) is 57.6 Å². The Morgan fingerprint density at radius 1 is 1.41 bits per heavy atom. The lowest BCUT2D eigenvalue weighted by Gasteiger charge is -2.22. The smallest absolute Gasteiger partial charge is 0.237 e. The molecule has 6 nitrogen and oxygen atoms in total. The Labute approximate surface area is 103 Å². The Bertz CT molecular complexity index is 348. The molecule has 17 heavy (non-hydrogen) atoms. The molecule has 0 unspecified atom stereocenters. The van der Waals surface area contributed by atoms with Crippen molar-refractivity contribution in [2.75, 3.05) is 32.9 Å². The average Bonchev–Trinajstić information content (AvgIpc) is 2.29. The molecule has 1 atom stereocenters. The van der Waals surface area contributed by atoms with E-state index in [9.17, 15) is 13.2 Å². The lowest BCUT2D eigenvalue weighted by molar-refractivity contribution is -0.123. The summed E-state index contributed by atoms with van der Waals surface area (Å²) in [6.45, 7) is 1.02. The zero-order valence-corrected chi connectivity index (χ0v) is 11.2. The van der Waals surface area contributed by atoms with E-state index < -0.39 is 10.0 Å². The van der Waals surface area contributed by atoms with Crippen molar-refractivity contribution >= 4 is 15.9 Å². The molecule has 1 rings (SSSR count). The van der Waals surface area contributed by atoms with Gasteiger partial charge in [0.05, 0.1) is 11.8 Å². The van der Waals surface area contributed by atoms with Gasteiger partial charge >= 0.3 is 0 Å². The minimum absolute atomic E-state index is 0.0571. The molecule has 0 aromatic heterocycles. The van der Waals surface area contributed by atoms with Crippen molar-refractivity contribution in [3.05, 3.63) is 0 Å². The van der Waals surface area contributed by atoms with E-state index in [-0.39, 0.29) is 24.2 Å². The summed E-state index contributed by atoms with van der Waals surface area (Å²) in [5, 5.41) is 5.77. The Kier molecular flexibility index (Phi) is 5.35. The molecule has 0 aromatic rings. The second-order valence-corrected chi connectivity index (χ2v) is 6.69. The summed E-state index contributed by atoms with van der Waals surface area (Å²) in [5.74, 6) is -0.156. The number of sulfonamides is 1. The topological polar surface area (TPSA) is 78.5 Å². The molecule has 0 aliphatic carbocycles. The van der Waals surface area contributed by atoms with E-state index in [1.54, 1.807) is 0 Å². The first-order valence-corrected chi connectivity index (χ1v) is 7.46. The molecule has 7 heteroatoms. The van der Waals surface area contributed by atoms with Gasteiger partial charge in [0.2, 0.25) is 15.9 Å². The number of hydrogen-bond acceptors (Lipinski definition) is 4. The molecule has 1 heterocycles. The van der Waals surface area contributed by atoms with Gasteiger partial charge in [-0.1, -0.05) is 6.42 Å². The van der Waals surface area contributed by atoms with Crippen LogP contribution in [0.3, 0.4) is 0 Å². The summed E-state index contributed by atoms with van der Waals surface area (Å²) in [4.78, 5) is 11.7. The predicted molar refractivity (Wildman–Crippen MR) is 66.1 cm³/mol. The van der Waals surface area contributed by atoms with Gasteiger partial charge in [0.1, 0.15) is 0 Å². The zero-order valence-electron chi connectivity index (χ0n) is 10.4. The monoisotopic (exact) mass is 263 g/mol. The lowest BCUT2D eigenvalue weighted by atomic mass is 10.0. The quantitative estimate of drug-likeness (QED) is 0.676. The van der Waals surface area contributed by atoms with Crippen LogP contribution >= 0.6 is 0 Å². The number of nitrogens with one attached hydrogen (secondary N) is 2. The summed E-state index contributed by atoms with van der Waals surface area (Å²) < 4.78 is 24.1. The van der Waals surface area contributed by atoms with Crippen molar-refractivity contribution in [1.29, 1.82) is 0 Å². The maximum Gasteiger partial charge on any atom is 0.237 e. The number of piperidine rings is 1. The first kappa shape index (κ1) is 14.4. The summed E-state index contributed by atoms with van der Waals surface area (Å²) in [7, 11) is -0.254. The number of rotatable bonds is 5. The third kappa shape index (κ3) is 4.61. The van der Waals surface area contributed by atoms with Gasteiger partial charge in [0.25, 0.3) is 0 Å². The highest BCUT2D eigenvalue weighted by molar-refractivity contribution is 7.89. The van der Waals surface area contributed by atoms with Crippen molar-refractivity contribution < 1.29 is 13.2 Å². The van der Waals surface area contributed by atoms with E-state index in [2.05, 4.69) is 10.6 Å². The molecule has 100 valence electrons. The predicted octanol–water partition coefficient (Wildman–Crippen LogP) is -0.864. The minimum Gasteiger partial charge on any atom is -0.354 e. The van der Waals surface area contributed by atoms with Gasteiger partial charge in [-0.15, -0.1) is 0 Å². The van der Waals surface area contributed by atoms with E-state index in [1.807, 2.05) is 0 Å². The Morgan fingerprint density at radius 2 is 2.12 bits per heavy atom. The number of carbonyl (C=O) groups is 1. The van der Waals surface area contributed by atoms with E-state index in [0.29, 0.717) is 0 Å². The maximum absolute atomic E-state index is 11.7. The van der Waals surface area contributed by atoms with E-state index in [1.165, 1.54) is 14.1 Å². The van der Waals surface area contributed by atoms with Gasteiger partial charge < -0.3 is 10.6 Å². The maximum atomic E-state index is 11.7. The molecule has 0 bridgehead atoms. The summed E-state index contributed by atoms with van der Waals surface area (Å²) in [5.41, 5.74) is 0. The Balaban J connectivity index is 2.29. The van der Waals surface area contributed by atoms with Crippen LogP contribution in [-0.2, 0) is 14.8 Å². The molecule has 0 radical (unpaired) electrons. The number of nitrogens with zero attached hydrogens (tertiary/aromatic N) is 1. The molecule has 1 saturated heterocycles. The second-order valence-electron chi connectivity index (χ2n) is 4.39. The zero-order chi connectivity index (χ0) is 12.9. The molecule has 1 aliphatic rings. The van der Waals surface area contributed by atoms with Crippen LogP contribution in [0, 0.1) is 0 Å². The number of amides is 1. The van der Waals surface area contributed by atoms with Gasteiger partial charge in [-0.3, -0.25) is 4.79 Å². The molecule has 1 fully saturated rings. The molecule has 2 N–H and O–H groups in total. The average molecular weight is 263 g/mol. The van der Waals surface area contributed by atoms with Gasteiger partial charge in [-0.05, 0) is 19.4 Å². The van der Waals surface area contributed by atoms with Gasteiger partial charge in [0.15, 0.2) is 0 Å². The fourth-order valence-corrected chi connectivity index (χ4v) is 2.41. The largest absolute Gasteiger partial charge is 0.354 e. The number of carbonyl (C=O) groups excluding carboxylic acids is 1. The molecular formula is C10H21N3O3S. The van der Waals surface area contributed by atoms with Crippen molar-refractivity contribution in [3.8, 4) is 0 Å². The molecule has 1 aliphatic heterocycles. The highest BCUT2D eigenvalue weighted by Crippen LogP contribution is 2.06.